The van der Waals surface area contributed by atoms with Crippen LogP contribution in [0.1, 0.15) is 37.2 Å². The van der Waals surface area contributed by atoms with Gasteiger partial charge in [0, 0.05) is 12.4 Å². The number of aromatic nitrogens is 3. The SMILES string of the molecule is CC(C)(CCCCl)CNC(=O)c1cn[nH]n1. The van der Waals surface area contributed by atoms with Crippen molar-refractivity contribution >= 4 is 17.5 Å². The van der Waals surface area contributed by atoms with Crippen LogP contribution >= 0.6 is 11.6 Å². The summed E-state index contributed by atoms with van der Waals surface area (Å²) < 4.78 is 0. The molecule has 6 heteroatoms. The first-order chi connectivity index (χ1) is 7.55. The van der Waals surface area contributed by atoms with Crippen LogP contribution in [0.5, 0.6) is 0 Å². The molecule has 0 atom stereocenters. The molecule has 0 aliphatic rings. The Bertz CT molecular complexity index is 324. The van der Waals surface area contributed by atoms with E-state index in [0.29, 0.717) is 18.1 Å². The lowest BCUT2D eigenvalue weighted by Gasteiger charge is -2.24. The quantitative estimate of drug-likeness (QED) is 0.747. The zero-order valence-corrected chi connectivity index (χ0v) is 10.3. The van der Waals surface area contributed by atoms with Gasteiger partial charge in [-0.3, -0.25) is 4.79 Å². The zero-order valence-electron chi connectivity index (χ0n) is 9.59. The molecule has 0 unspecified atom stereocenters. The molecule has 0 spiro atoms. The molecule has 1 aromatic rings. The van der Waals surface area contributed by atoms with Crippen LogP contribution in [-0.2, 0) is 0 Å². The fraction of sp³-hybridized carbons (Fsp3) is 0.700. The second-order valence-corrected chi connectivity index (χ2v) is 4.87. The van der Waals surface area contributed by atoms with E-state index in [-0.39, 0.29) is 11.3 Å². The highest BCUT2D eigenvalue weighted by molar-refractivity contribution is 6.17. The smallest absolute Gasteiger partial charge is 0.273 e. The molecular weight excluding hydrogens is 228 g/mol. The summed E-state index contributed by atoms with van der Waals surface area (Å²) in [6.07, 6.45) is 3.34. The molecule has 1 aromatic heterocycles. The van der Waals surface area contributed by atoms with E-state index in [1.165, 1.54) is 6.20 Å². The number of halogens is 1. The van der Waals surface area contributed by atoms with Crippen LogP contribution in [0.2, 0.25) is 0 Å². The first-order valence-electron chi connectivity index (χ1n) is 5.25. The zero-order chi connectivity index (χ0) is 12.0. The van der Waals surface area contributed by atoms with Crippen LogP contribution in [0.25, 0.3) is 0 Å². The van der Waals surface area contributed by atoms with Crippen molar-refractivity contribution in [3.63, 3.8) is 0 Å². The van der Waals surface area contributed by atoms with Gasteiger partial charge in [0.2, 0.25) is 0 Å². The lowest BCUT2D eigenvalue weighted by molar-refractivity contribution is 0.0929. The van der Waals surface area contributed by atoms with Gasteiger partial charge in [-0.2, -0.15) is 15.4 Å². The second kappa shape index (κ2) is 5.84. The van der Waals surface area contributed by atoms with Crippen LogP contribution in [-0.4, -0.2) is 33.7 Å². The number of nitrogens with zero attached hydrogens (tertiary/aromatic N) is 2. The Hall–Kier alpha value is -1.10. The van der Waals surface area contributed by atoms with E-state index in [9.17, 15) is 4.79 Å². The van der Waals surface area contributed by atoms with E-state index in [0.717, 1.165) is 12.8 Å². The Balaban J connectivity index is 2.36. The Morgan fingerprint density at radius 1 is 1.62 bits per heavy atom. The number of carbonyl (C=O) groups is 1. The first kappa shape index (κ1) is 13.0. The number of alkyl halides is 1. The van der Waals surface area contributed by atoms with Gasteiger partial charge in [0.15, 0.2) is 5.69 Å². The van der Waals surface area contributed by atoms with Crippen LogP contribution < -0.4 is 5.32 Å². The van der Waals surface area contributed by atoms with E-state index in [2.05, 4.69) is 34.6 Å². The van der Waals surface area contributed by atoms with Crippen LogP contribution in [0.15, 0.2) is 6.20 Å². The number of nitrogens with one attached hydrogen (secondary N) is 2. The van der Waals surface area contributed by atoms with Crippen molar-refractivity contribution in [2.75, 3.05) is 12.4 Å². The third kappa shape index (κ3) is 4.18. The molecule has 0 fully saturated rings. The molecule has 0 aliphatic carbocycles. The van der Waals surface area contributed by atoms with Crippen LogP contribution in [0.3, 0.4) is 0 Å². The molecule has 1 heterocycles. The highest BCUT2D eigenvalue weighted by atomic mass is 35.5. The van der Waals surface area contributed by atoms with E-state index < -0.39 is 0 Å². The third-order valence-corrected chi connectivity index (χ3v) is 2.63. The highest BCUT2D eigenvalue weighted by Gasteiger charge is 2.19. The molecule has 5 nitrogen and oxygen atoms in total. The van der Waals surface area contributed by atoms with E-state index in [1.807, 2.05) is 0 Å². The van der Waals surface area contributed by atoms with Crippen molar-refractivity contribution < 1.29 is 4.79 Å². The maximum Gasteiger partial charge on any atom is 0.273 e. The van der Waals surface area contributed by atoms with Gasteiger partial charge in [-0.15, -0.1) is 11.6 Å². The molecule has 0 aromatic carbocycles. The number of H-pyrrole nitrogens is 1. The van der Waals surface area contributed by atoms with Crippen LogP contribution in [0, 0.1) is 5.41 Å². The van der Waals surface area contributed by atoms with Gasteiger partial charge >= 0.3 is 0 Å². The standard InChI is InChI=1S/C10H17ClN4O/c1-10(2,4-3-5-11)7-12-9(16)8-6-13-15-14-8/h6H,3-5,7H2,1-2H3,(H,12,16)(H,13,14,15). The van der Waals surface area contributed by atoms with Crippen molar-refractivity contribution in [2.24, 2.45) is 5.41 Å². The average Bonchev–Trinajstić information content (AvgIpc) is 2.77. The molecule has 0 aliphatic heterocycles. The summed E-state index contributed by atoms with van der Waals surface area (Å²) in [6, 6.07) is 0. The molecule has 1 rings (SSSR count). The maximum absolute atomic E-state index is 11.6. The van der Waals surface area contributed by atoms with Gasteiger partial charge in [-0.25, -0.2) is 0 Å². The topological polar surface area (TPSA) is 70.7 Å². The average molecular weight is 245 g/mol. The van der Waals surface area contributed by atoms with Crippen molar-refractivity contribution in [3.05, 3.63) is 11.9 Å². The predicted octanol–water partition coefficient (Wildman–Crippen LogP) is 1.58. The summed E-state index contributed by atoms with van der Waals surface area (Å²) in [6.45, 7) is 4.81. The number of aromatic amines is 1. The lowest BCUT2D eigenvalue weighted by Crippen LogP contribution is -2.34. The monoisotopic (exact) mass is 244 g/mol. The molecule has 0 saturated heterocycles. The van der Waals surface area contributed by atoms with Crippen LogP contribution in [0.4, 0.5) is 0 Å². The fourth-order valence-electron chi connectivity index (χ4n) is 1.35. The summed E-state index contributed by atoms with van der Waals surface area (Å²) >= 11 is 5.64. The van der Waals surface area contributed by atoms with Crippen molar-refractivity contribution in [1.29, 1.82) is 0 Å². The van der Waals surface area contributed by atoms with E-state index in [1.54, 1.807) is 0 Å². The summed E-state index contributed by atoms with van der Waals surface area (Å²) in [5.41, 5.74) is 0.363. The predicted molar refractivity (Wildman–Crippen MR) is 62.5 cm³/mol. The minimum Gasteiger partial charge on any atom is -0.350 e. The molecule has 0 bridgehead atoms. The summed E-state index contributed by atoms with van der Waals surface area (Å²) in [5, 5.41) is 12.5. The number of hydrogen-bond acceptors (Lipinski definition) is 3. The van der Waals surface area contributed by atoms with Gasteiger partial charge in [-0.05, 0) is 18.3 Å². The first-order valence-corrected chi connectivity index (χ1v) is 5.78. The van der Waals surface area contributed by atoms with E-state index in [4.69, 9.17) is 11.6 Å². The van der Waals surface area contributed by atoms with Gasteiger partial charge in [-0.1, -0.05) is 13.8 Å². The highest BCUT2D eigenvalue weighted by Crippen LogP contribution is 2.21. The number of carbonyl (C=O) groups excluding carboxylic acids is 1. The Labute approximate surface area is 100.0 Å². The molecule has 90 valence electrons. The van der Waals surface area contributed by atoms with Crippen molar-refractivity contribution in [3.8, 4) is 0 Å². The molecule has 16 heavy (non-hydrogen) atoms. The fourth-order valence-corrected chi connectivity index (χ4v) is 1.49. The van der Waals surface area contributed by atoms with Gasteiger partial charge in [0.1, 0.15) is 0 Å². The Morgan fingerprint density at radius 2 is 2.38 bits per heavy atom. The number of rotatable bonds is 6. The molecular formula is C10H17ClN4O. The number of hydrogen-bond donors (Lipinski definition) is 2. The van der Waals surface area contributed by atoms with Gasteiger partial charge in [0.05, 0.1) is 6.20 Å². The normalized spacial score (nSPS) is 11.4. The van der Waals surface area contributed by atoms with Crippen molar-refractivity contribution in [1.82, 2.24) is 20.7 Å². The molecule has 0 radical (unpaired) electrons. The minimum atomic E-state index is -0.201. The van der Waals surface area contributed by atoms with Gasteiger partial charge < -0.3 is 5.32 Å². The largest absolute Gasteiger partial charge is 0.350 e. The van der Waals surface area contributed by atoms with Crippen molar-refractivity contribution in [2.45, 2.75) is 26.7 Å². The molecule has 1 amide bonds. The summed E-state index contributed by atoms with van der Waals surface area (Å²) in [4.78, 5) is 11.6. The number of amides is 1. The summed E-state index contributed by atoms with van der Waals surface area (Å²) in [7, 11) is 0. The molecule has 2 N–H and O–H groups in total. The Morgan fingerprint density at radius 3 is 2.94 bits per heavy atom. The van der Waals surface area contributed by atoms with E-state index >= 15 is 0 Å². The van der Waals surface area contributed by atoms with Gasteiger partial charge in [0.25, 0.3) is 5.91 Å². The second-order valence-electron chi connectivity index (χ2n) is 4.49. The Kier molecular flexibility index (Phi) is 4.73. The third-order valence-electron chi connectivity index (χ3n) is 2.36. The maximum atomic E-state index is 11.6. The molecule has 0 saturated carbocycles. The summed E-state index contributed by atoms with van der Waals surface area (Å²) in [5.74, 6) is 0.452. The minimum absolute atomic E-state index is 0.0499. The lowest BCUT2D eigenvalue weighted by atomic mass is 9.88.